The zero-order valence-electron chi connectivity index (χ0n) is 12.6. The van der Waals surface area contributed by atoms with Gasteiger partial charge in [0.25, 0.3) is 0 Å². The van der Waals surface area contributed by atoms with Crippen molar-refractivity contribution in [2.45, 2.75) is 52.2 Å². The molecule has 0 N–H and O–H groups in total. The molecule has 2 aliphatic heterocycles. The smallest absolute Gasteiger partial charge is 0.246 e. The maximum Gasteiger partial charge on any atom is 0.246 e. The first-order valence-electron chi connectivity index (χ1n) is 7.39. The Labute approximate surface area is 123 Å². The number of carbonyl (C=O) groups excluding carboxylic acids is 2. The molecule has 2 amide bonds. The summed E-state index contributed by atoms with van der Waals surface area (Å²) in [4.78, 5) is 32.9. The van der Waals surface area contributed by atoms with Gasteiger partial charge >= 0.3 is 0 Å². The summed E-state index contributed by atoms with van der Waals surface area (Å²) in [6.45, 7) is 6.54. The summed E-state index contributed by atoms with van der Waals surface area (Å²) >= 11 is 0. The van der Waals surface area contributed by atoms with Gasteiger partial charge in [-0.1, -0.05) is 19.0 Å². The Bertz CT molecular complexity index is 568. The van der Waals surface area contributed by atoms with E-state index in [1.54, 1.807) is 16.7 Å². The largest absolute Gasteiger partial charge is 0.337 e. The lowest BCUT2D eigenvalue weighted by atomic mass is 9.96. The van der Waals surface area contributed by atoms with Crippen LogP contribution in [0.25, 0.3) is 0 Å². The summed E-state index contributed by atoms with van der Waals surface area (Å²) in [5, 5.41) is 3.74. The third-order valence-electron chi connectivity index (χ3n) is 4.20. The van der Waals surface area contributed by atoms with Gasteiger partial charge in [0.2, 0.25) is 17.7 Å². The Hall–Kier alpha value is -1.92. The van der Waals surface area contributed by atoms with E-state index in [0.29, 0.717) is 18.3 Å². The standard InChI is InChI=1S/C14H20N4O3/c1-8(2)12-14(20)17-6-4-5-10(17)13(19)18(12)7-11-15-9(3)16-21-11/h8,10,12H,4-7H2,1-3H3. The molecule has 3 rings (SSSR count). The summed E-state index contributed by atoms with van der Waals surface area (Å²) in [5.41, 5.74) is 0. The first-order chi connectivity index (χ1) is 9.99. The monoisotopic (exact) mass is 292 g/mol. The molecule has 7 heteroatoms. The molecule has 114 valence electrons. The number of piperazine rings is 1. The molecule has 0 aliphatic carbocycles. The van der Waals surface area contributed by atoms with E-state index in [-0.39, 0.29) is 30.3 Å². The third-order valence-corrected chi connectivity index (χ3v) is 4.20. The third kappa shape index (κ3) is 2.30. The average Bonchev–Trinajstić information content (AvgIpc) is 3.04. The van der Waals surface area contributed by atoms with Crippen LogP contribution < -0.4 is 0 Å². The minimum Gasteiger partial charge on any atom is -0.337 e. The van der Waals surface area contributed by atoms with Crippen LogP contribution in [0, 0.1) is 12.8 Å². The summed E-state index contributed by atoms with van der Waals surface area (Å²) in [5.74, 6) is 1.01. The van der Waals surface area contributed by atoms with Crippen LogP contribution in [0.15, 0.2) is 4.52 Å². The molecular formula is C14H20N4O3. The minimum atomic E-state index is -0.445. The molecule has 2 unspecified atom stereocenters. The van der Waals surface area contributed by atoms with Crippen LogP contribution in [0.1, 0.15) is 38.4 Å². The molecule has 0 spiro atoms. The number of fused-ring (bicyclic) bond motifs is 1. The molecular weight excluding hydrogens is 272 g/mol. The van der Waals surface area contributed by atoms with Gasteiger partial charge in [0.15, 0.2) is 5.82 Å². The molecule has 7 nitrogen and oxygen atoms in total. The average molecular weight is 292 g/mol. The van der Waals surface area contributed by atoms with Crippen LogP contribution in [-0.2, 0) is 16.1 Å². The van der Waals surface area contributed by atoms with Crippen LogP contribution in [0.4, 0.5) is 0 Å². The fourth-order valence-corrected chi connectivity index (χ4v) is 3.29. The van der Waals surface area contributed by atoms with Crippen molar-refractivity contribution < 1.29 is 14.1 Å². The quantitative estimate of drug-likeness (QED) is 0.820. The lowest BCUT2D eigenvalue weighted by Gasteiger charge is -2.43. The number of amides is 2. The van der Waals surface area contributed by atoms with E-state index in [2.05, 4.69) is 10.1 Å². The van der Waals surface area contributed by atoms with Crippen molar-refractivity contribution >= 4 is 11.8 Å². The molecule has 0 radical (unpaired) electrons. The van der Waals surface area contributed by atoms with E-state index in [0.717, 1.165) is 12.8 Å². The Kier molecular flexibility index (Phi) is 3.43. The van der Waals surface area contributed by atoms with E-state index in [9.17, 15) is 9.59 Å². The first kappa shape index (κ1) is 14.0. The molecule has 21 heavy (non-hydrogen) atoms. The van der Waals surface area contributed by atoms with Crippen molar-refractivity contribution in [3.8, 4) is 0 Å². The van der Waals surface area contributed by atoms with E-state index < -0.39 is 6.04 Å². The second-order valence-corrected chi connectivity index (χ2v) is 6.08. The SMILES string of the molecule is Cc1noc(CN2C(=O)C3CCCN3C(=O)C2C(C)C)n1. The number of rotatable bonds is 3. The highest BCUT2D eigenvalue weighted by Gasteiger charge is 2.48. The van der Waals surface area contributed by atoms with Crippen LogP contribution in [0.2, 0.25) is 0 Å². The first-order valence-corrected chi connectivity index (χ1v) is 7.39. The normalized spacial score (nSPS) is 25.9. The molecule has 2 atom stereocenters. The van der Waals surface area contributed by atoms with Gasteiger partial charge in [-0.2, -0.15) is 4.98 Å². The lowest BCUT2D eigenvalue weighted by molar-refractivity contribution is -0.162. The number of hydrogen-bond donors (Lipinski definition) is 0. The number of carbonyl (C=O) groups is 2. The van der Waals surface area contributed by atoms with Crippen LogP contribution in [0.5, 0.6) is 0 Å². The minimum absolute atomic E-state index is 0.00153. The van der Waals surface area contributed by atoms with Gasteiger partial charge in [0, 0.05) is 6.54 Å². The fraction of sp³-hybridized carbons (Fsp3) is 0.714. The molecule has 0 bridgehead atoms. The zero-order chi connectivity index (χ0) is 15.1. The molecule has 0 saturated carbocycles. The summed E-state index contributed by atoms with van der Waals surface area (Å²) in [6, 6.07) is -0.754. The number of aryl methyl sites for hydroxylation is 1. The van der Waals surface area contributed by atoms with Crippen LogP contribution in [0.3, 0.4) is 0 Å². The fourth-order valence-electron chi connectivity index (χ4n) is 3.29. The molecule has 2 aliphatic rings. The molecule has 2 fully saturated rings. The van der Waals surface area contributed by atoms with Crippen molar-refractivity contribution in [3.05, 3.63) is 11.7 Å². The second-order valence-electron chi connectivity index (χ2n) is 6.08. The van der Waals surface area contributed by atoms with Gasteiger partial charge in [0.05, 0.1) is 0 Å². The number of nitrogens with zero attached hydrogens (tertiary/aromatic N) is 4. The van der Waals surface area contributed by atoms with E-state index in [4.69, 9.17) is 4.52 Å². The lowest BCUT2D eigenvalue weighted by Crippen LogP contribution is -2.63. The van der Waals surface area contributed by atoms with Crippen molar-refractivity contribution in [3.63, 3.8) is 0 Å². The van der Waals surface area contributed by atoms with E-state index in [1.165, 1.54) is 0 Å². The maximum absolute atomic E-state index is 12.7. The zero-order valence-corrected chi connectivity index (χ0v) is 12.6. The highest BCUT2D eigenvalue weighted by atomic mass is 16.5. The van der Waals surface area contributed by atoms with Crippen molar-refractivity contribution in [1.82, 2.24) is 19.9 Å². The Morgan fingerprint density at radius 1 is 1.33 bits per heavy atom. The molecule has 0 aromatic carbocycles. The topological polar surface area (TPSA) is 79.5 Å². The summed E-state index contributed by atoms with van der Waals surface area (Å²) in [7, 11) is 0. The number of aromatic nitrogens is 2. The summed E-state index contributed by atoms with van der Waals surface area (Å²) < 4.78 is 5.11. The van der Waals surface area contributed by atoms with Gasteiger partial charge < -0.3 is 14.3 Å². The van der Waals surface area contributed by atoms with Crippen LogP contribution in [-0.4, -0.2) is 50.4 Å². The van der Waals surface area contributed by atoms with Crippen LogP contribution >= 0.6 is 0 Å². The van der Waals surface area contributed by atoms with Crippen molar-refractivity contribution in [2.75, 3.05) is 6.54 Å². The van der Waals surface area contributed by atoms with Gasteiger partial charge in [0.1, 0.15) is 18.6 Å². The van der Waals surface area contributed by atoms with E-state index in [1.807, 2.05) is 13.8 Å². The van der Waals surface area contributed by atoms with E-state index >= 15 is 0 Å². The Morgan fingerprint density at radius 2 is 2.10 bits per heavy atom. The van der Waals surface area contributed by atoms with Gasteiger partial charge in [-0.3, -0.25) is 9.59 Å². The number of hydrogen-bond acceptors (Lipinski definition) is 5. The predicted molar refractivity (Wildman–Crippen MR) is 72.9 cm³/mol. The van der Waals surface area contributed by atoms with Gasteiger partial charge in [-0.05, 0) is 25.7 Å². The Morgan fingerprint density at radius 3 is 2.71 bits per heavy atom. The maximum atomic E-state index is 12.7. The molecule has 2 saturated heterocycles. The molecule has 1 aromatic rings. The predicted octanol–water partition coefficient (Wildman–Crippen LogP) is 0.736. The summed E-state index contributed by atoms with van der Waals surface area (Å²) in [6.07, 6.45) is 1.63. The highest BCUT2D eigenvalue weighted by molar-refractivity contribution is 5.97. The van der Waals surface area contributed by atoms with Gasteiger partial charge in [-0.15, -0.1) is 0 Å². The second kappa shape index (κ2) is 5.13. The molecule has 1 aromatic heterocycles. The highest BCUT2D eigenvalue weighted by Crippen LogP contribution is 2.30. The van der Waals surface area contributed by atoms with Crippen molar-refractivity contribution in [1.29, 1.82) is 0 Å². The Balaban J connectivity index is 1.90. The van der Waals surface area contributed by atoms with Crippen molar-refractivity contribution in [2.24, 2.45) is 5.92 Å². The van der Waals surface area contributed by atoms with Gasteiger partial charge in [-0.25, -0.2) is 0 Å². The molecule has 3 heterocycles.